The first kappa shape index (κ1) is 22.8. The molecule has 1 atom stereocenters. The minimum Gasteiger partial charge on any atom is -0.496 e. The van der Waals surface area contributed by atoms with E-state index in [0.717, 1.165) is 19.4 Å². The van der Waals surface area contributed by atoms with E-state index in [4.69, 9.17) is 18.7 Å². The highest BCUT2D eigenvalue weighted by molar-refractivity contribution is 5.93. The largest absolute Gasteiger partial charge is 0.496 e. The predicted octanol–water partition coefficient (Wildman–Crippen LogP) is 2.12. The Labute approximate surface area is 181 Å². The van der Waals surface area contributed by atoms with E-state index >= 15 is 0 Å². The fourth-order valence-electron chi connectivity index (χ4n) is 3.39. The van der Waals surface area contributed by atoms with Crippen LogP contribution in [-0.2, 0) is 14.3 Å². The summed E-state index contributed by atoms with van der Waals surface area (Å²) in [6.07, 6.45) is 2.24. The molecule has 1 N–H and O–H groups in total. The van der Waals surface area contributed by atoms with Gasteiger partial charge in [-0.1, -0.05) is 17.3 Å². The van der Waals surface area contributed by atoms with Crippen LogP contribution < -0.4 is 10.1 Å². The fourth-order valence-corrected chi connectivity index (χ4v) is 3.39. The van der Waals surface area contributed by atoms with Crippen molar-refractivity contribution >= 4 is 11.8 Å². The average Bonchev–Trinajstić information content (AvgIpc) is 3.49. The molecule has 0 radical (unpaired) electrons. The lowest BCUT2D eigenvalue weighted by Crippen LogP contribution is -2.38. The maximum absolute atomic E-state index is 13.0. The molecule has 1 unspecified atom stereocenters. The zero-order valence-electron chi connectivity index (χ0n) is 18.0. The number of amides is 2. The molecule has 0 saturated carbocycles. The molecular weight excluding hydrogens is 402 g/mol. The number of methoxy groups -OCH3 is 2. The van der Waals surface area contributed by atoms with E-state index in [2.05, 4.69) is 10.5 Å². The monoisotopic (exact) mass is 431 g/mol. The number of benzene rings is 1. The van der Waals surface area contributed by atoms with Gasteiger partial charge in [-0.15, -0.1) is 0 Å². The number of nitrogens with zero attached hydrogens (tertiary/aromatic N) is 2. The molecular formula is C22H29N3O6. The molecule has 1 aromatic carbocycles. The van der Waals surface area contributed by atoms with Crippen molar-refractivity contribution < 1.29 is 28.3 Å². The van der Waals surface area contributed by atoms with Crippen molar-refractivity contribution in [3.63, 3.8) is 0 Å². The van der Waals surface area contributed by atoms with E-state index in [1.807, 2.05) is 18.2 Å². The van der Waals surface area contributed by atoms with Gasteiger partial charge in [-0.3, -0.25) is 9.59 Å². The highest BCUT2D eigenvalue weighted by atomic mass is 16.5. The summed E-state index contributed by atoms with van der Waals surface area (Å²) in [5, 5.41) is 6.80. The number of hydrogen-bond acceptors (Lipinski definition) is 7. The van der Waals surface area contributed by atoms with Crippen LogP contribution in [0.5, 0.6) is 5.75 Å². The third kappa shape index (κ3) is 6.28. The standard InChI is InChI=1S/C22H29N3O6/c1-28-13-11-25(10-9-21(26)23-15-16-6-5-12-30-16)22(27)18-14-20(31-24-18)17-7-3-4-8-19(17)29-2/h3-4,7-8,14,16H,5-6,9-13,15H2,1-2H3,(H,23,26). The van der Waals surface area contributed by atoms with Crippen molar-refractivity contribution in [2.24, 2.45) is 0 Å². The summed E-state index contributed by atoms with van der Waals surface area (Å²) in [5.41, 5.74) is 0.866. The van der Waals surface area contributed by atoms with Gasteiger partial charge < -0.3 is 29.0 Å². The summed E-state index contributed by atoms with van der Waals surface area (Å²) in [6, 6.07) is 8.91. The van der Waals surface area contributed by atoms with Crippen molar-refractivity contribution in [1.82, 2.24) is 15.4 Å². The maximum atomic E-state index is 13.0. The third-order valence-electron chi connectivity index (χ3n) is 5.11. The summed E-state index contributed by atoms with van der Waals surface area (Å²) in [5.74, 6) is 0.605. The summed E-state index contributed by atoms with van der Waals surface area (Å²) in [4.78, 5) is 26.7. The van der Waals surface area contributed by atoms with Crippen molar-refractivity contribution in [3.8, 4) is 17.1 Å². The molecule has 2 amide bonds. The van der Waals surface area contributed by atoms with Crippen LogP contribution in [0.15, 0.2) is 34.9 Å². The molecule has 168 valence electrons. The Kier molecular flexibility index (Phi) is 8.43. The second kappa shape index (κ2) is 11.5. The van der Waals surface area contributed by atoms with E-state index in [9.17, 15) is 9.59 Å². The molecule has 31 heavy (non-hydrogen) atoms. The van der Waals surface area contributed by atoms with Crippen LogP contribution in [0, 0.1) is 0 Å². The third-order valence-corrected chi connectivity index (χ3v) is 5.11. The van der Waals surface area contributed by atoms with E-state index in [1.165, 1.54) is 0 Å². The number of nitrogens with one attached hydrogen (secondary N) is 1. The van der Waals surface area contributed by atoms with Gasteiger partial charge in [-0.2, -0.15) is 0 Å². The minimum absolute atomic E-state index is 0.0821. The Morgan fingerprint density at radius 2 is 2.10 bits per heavy atom. The van der Waals surface area contributed by atoms with Crippen LogP contribution in [0.1, 0.15) is 29.8 Å². The van der Waals surface area contributed by atoms with Gasteiger partial charge >= 0.3 is 0 Å². The first-order chi connectivity index (χ1) is 15.1. The van der Waals surface area contributed by atoms with E-state index in [-0.39, 0.29) is 36.6 Å². The van der Waals surface area contributed by atoms with Gasteiger partial charge in [-0.05, 0) is 25.0 Å². The number of aromatic nitrogens is 1. The molecule has 9 nitrogen and oxygen atoms in total. The Morgan fingerprint density at radius 3 is 2.84 bits per heavy atom. The Morgan fingerprint density at radius 1 is 1.26 bits per heavy atom. The molecule has 1 saturated heterocycles. The van der Waals surface area contributed by atoms with Crippen molar-refractivity contribution in [2.75, 3.05) is 47.1 Å². The summed E-state index contributed by atoms with van der Waals surface area (Å²) >= 11 is 0. The molecule has 1 aliphatic heterocycles. The minimum atomic E-state index is -0.325. The molecule has 2 aromatic rings. The van der Waals surface area contributed by atoms with Crippen LogP contribution in [0.3, 0.4) is 0 Å². The Bertz CT molecular complexity index is 862. The number of rotatable bonds is 11. The molecule has 9 heteroatoms. The zero-order chi connectivity index (χ0) is 22.1. The maximum Gasteiger partial charge on any atom is 0.276 e. The second-order valence-corrected chi connectivity index (χ2v) is 7.25. The SMILES string of the molecule is COCCN(CCC(=O)NCC1CCCO1)C(=O)c1cc(-c2ccccc2OC)on1. The Hall–Kier alpha value is -2.91. The average molecular weight is 431 g/mol. The molecule has 0 aliphatic carbocycles. The van der Waals surface area contributed by atoms with E-state index in [0.29, 0.717) is 36.8 Å². The summed E-state index contributed by atoms with van der Waals surface area (Å²) in [7, 11) is 3.13. The molecule has 1 aliphatic rings. The molecule has 2 heterocycles. The van der Waals surface area contributed by atoms with E-state index < -0.39 is 0 Å². The van der Waals surface area contributed by atoms with Crippen molar-refractivity contribution in [1.29, 1.82) is 0 Å². The van der Waals surface area contributed by atoms with Gasteiger partial charge in [0.05, 0.1) is 25.4 Å². The molecule has 1 aromatic heterocycles. The molecule has 0 spiro atoms. The van der Waals surface area contributed by atoms with Crippen molar-refractivity contribution in [2.45, 2.75) is 25.4 Å². The van der Waals surface area contributed by atoms with Gasteiger partial charge in [0, 0.05) is 45.8 Å². The highest BCUT2D eigenvalue weighted by Crippen LogP contribution is 2.30. The van der Waals surface area contributed by atoms with Crippen molar-refractivity contribution in [3.05, 3.63) is 36.0 Å². The van der Waals surface area contributed by atoms with Gasteiger partial charge in [0.25, 0.3) is 5.91 Å². The topological polar surface area (TPSA) is 103 Å². The predicted molar refractivity (Wildman–Crippen MR) is 113 cm³/mol. The van der Waals surface area contributed by atoms with Gasteiger partial charge in [-0.25, -0.2) is 0 Å². The first-order valence-electron chi connectivity index (χ1n) is 10.4. The van der Waals surface area contributed by atoms with Crippen LogP contribution in [0.4, 0.5) is 0 Å². The van der Waals surface area contributed by atoms with Crippen LogP contribution in [-0.4, -0.2) is 75.0 Å². The lowest BCUT2D eigenvalue weighted by Gasteiger charge is -2.21. The van der Waals surface area contributed by atoms with Crippen LogP contribution in [0.25, 0.3) is 11.3 Å². The number of para-hydroxylation sites is 1. The summed E-state index contributed by atoms with van der Waals surface area (Å²) < 4.78 is 21.4. The Balaban J connectivity index is 1.61. The smallest absolute Gasteiger partial charge is 0.276 e. The first-order valence-corrected chi connectivity index (χ1v) is 10.4. The zero-order valence-corrected chi connectivity index (χ0v) is 18.0. The summed E-state index contributed by atoms with van der Waals surface area (Å²) in [6.45, 7) is 2.17. The van der Waals surface area contributed by atoms with Gasteiger partial charge in [0.1, 0.15) is 5.75 Å². The lowest BCUT2D eigenvalue weighted by molar-refractivity contribution is -0.121. The fraction of sp³-hybridized carbons (Fsp3) is 0.500. The lowest BCUT2D eigenvalue weighted by atomic mass is 10.1. The highest BCUT2D eigenvalue weighted by Gasteiger charge is 2.22. The molecule has 0 bridgehead atoms. The number of hydrogen-bond donors (Lipinski definition) is 1. The number of ether oxygens (including phenoxy) is 3. The van der Waals surface area contributed by atoms with E-state index in [1.54, 1.807) is 31.3 Å². The van der Waals surface area contributed by atoms with Crippen LogP contribution >= 0.6 is 0 Å². The second-order valence-electron chi connectivity index (χ2n) is 7.25. The normalized spacial score (nSPS) is 15.6. The molecule has 3 rings (SSSR count). The number of carbonyl (C=O) groups is 2. The van der Waals surface area contributed by atoms with Gasteiger partial charge in [0.15, 0.2) is 11.5 Å². The number of carbonyl (C=O) groups excluding carboxylic acids is 2. The molecule has 1 fully saturated rings. The van der Waals surface area contributed by atoms with Crippen LogP contribution in [0.2, 0.25) is 0 Å². The quantitative estimate of drug-likeness (QED) is 0.581. The van der Waals surface area contributed by atoms with Gasteiger partial charge in [0.2, 0.25) is 5.91 Å².